The molecule has 0 saturated heterocycles. The predicted molar refractivity (Wildman–Crippen MR) is 103 cm³/mol. The maximum atomic E-state index is 11.6. The standard InChI is InChI=1S/C22H37NO3/c1-14-5-6-19-18(12-23-15(2)25)20(8-10-21(14,19)3)22(4)9-7-17(26)11-16(22)13-24/h16-20,24,26H,1,5-13H2,2-4H3,(H,23,25)/t16-,17+,18+,19?,20?,21-,22?/m1/s1. The van der Waals surface area contributed by atoms with E-state index in [0.717, 1.165) is 38.6 Å². The summed E-state index contributed by atoms with van der Waals surface area (Å²) in [7, 11) is 0. The second-order valence-corrected chi connectivity index (χ2v) is 9.73. The summed E-state index contributed by atoms with van der Waals surface area (Å²) in [6, 6.07) is 0. The second kappa shape index (κ2) is 7.27. The molecule has 4 nitrogen and oxygen atoms in total. The molecule has 4 heteroatoms. The van der Waals surface area contributed by atoms with E-state index in [1.807, 2.05) is 0 Å². The van der Waals surface area contributed by atoms with Crippen LogP contribution in [-0.2, 0) is 4.79 Å². The highest BCUT2D eigenvalue weighted by molar-refractivity contribution is 5.72. The van der Waals surface area contributed by atoms with Gasteiger partial charge in [0.25, 0.3) is 0 Å². The summed E-state index contributed by atoms with van der Waals surface area (Å²) in [6.45, 7) is 11.5. The summed E-state index contributed by atoms with van der Waals surface area (Å²) in [6.07, 6.45) is 6.75. The van der Waals surface area contributed by atoms with Crippen LogP contribution in [0.2, 0.25) is 0 Å². The van der Waals surface area contributed by atoms with Crippen molar-refractivity contribution in [2.24, 2.45) is 34.5 Å². The normalized spacial score (nSPS) is 46.0. The second-order valence-electron chi connectivity index (χ2n) is 9.73. The first-order valence-corrected chi connectivity index (χ1v) is 10.4. The predicted octanol–water partition coefficient (Wildman–Crippen LogP) is 3.28. The number of nitrogens with one attached hydrogen (secondary N) is 1. The van der Waals surface area contributed by atoms with Crippen molar-refractivity contribution in [3.63, 3.8) is 0 Å². The Labute approximate surface area is 158 Å². The Morgan fingerprint density at radius 3 is 2.62 bits per heavy atom. The van der Waals surface area contributed by atoms with E-state index < -0.39 is 0 Å². The first-order valence-electron chi connectivity index (χ1n) is 10.4. The lowest BCUT2D eigenvalue weighted by Crippen LogP contribution is -2.53. The number of hydrogen-bond donors (Lipinski definition) is 3. The van der Waals surface area contributed by atoms with Gasteiger partial charge < -0.3 is 15.5 Å². The largest absolute Gasteiger partial charge is 0.396 e. The van der Waals surface area contributed by atoms with Gasteiger partial charge in [0.1, 0.15) is 0 Å². The van der Waals surface area contributed by atoms with Crippen molar-refractivity contribution in [2.45, 2.75) is 71.8 Å². The molecular weight excluding hydrogens is 326 g/mol. The lowest BCUT2D eigenvalue weighted by atomic mass is 9.49. The van der Waals surface area contributed by atoms with E-state index in [1.54, 1.807) is 6.92 Å². The zero-order valence-electron chi connectivity index (χ0n) is 16.8. The molecule has 0 radical (unpaired) electrons. The lowest BCUT2D eigenvalue weighted by Gasteiger charge is -2.56. The smallest absolute Gasteiger partial charge is 0.216 e. The molecule has 148 valence electrons. The fraction of sp³-hybridized carbons (Fsp3) is 0.864. The molecule has 0 heterocycles. The van der Waals surface area contributed by atoms with E-state index in [1.165, 1.54) is 12.0 Å². The minimum Gasteiger partial charge on any atom is -0.396 e. The van der Waals surface area contributed by atoms with Gasteiger partial charge in [0.2, 0.25) is 5.91 Å². The molecule has 3 aliphatic carbocycles. The highest BCUT2D eigenvalue weighted by Crippen LogP contribution is 2.63. The summed E-state index contributed by atoms with van der Waals surface area (Å²) < 4.78 is 0. The molecule has 3 aliphatic rings. The van der Waals surface area contributed by atoms with Crippen molar-refractivity contribution in [1.82, 2.24) is 5.32 Å². The summed E-state index contributed by atoms with van der Waals surface area (Å²) >= 11 is 0. The number of aliphatic hydroxyl groups is 2. The molecule has 0 aliphatic heterocycles. The number of hydrogen-bond acceptors (Lipinski definition) is 3. The Bertz CT molecular complexity index is 562. The molecule has 3 N–H and O–H groups in total. The van der Waals surface area contributed by atoms with Crippen LogP contribution in [0.5, 0.6) is 0 Å². The Kier molecular flexibility index (Phi) is 5.56. The molecule has 0 bridgehead atoms. The van der Waals surface area contributed by atoms with Gasteiger partial charge in [-0.15, -0.1) is 0 Å². The molecule has 3 rings (SSSR count). The topological polar surface area (TPSA) is 69.6 Å². The zero-order chi connectivity index (χ0) is 19.1. The number of fused-ring (bicyclic) bond motifs is 1. The maximum Gasteiger partial charge on any atom is 0.216 e. The lowest BCUT2D eigenvalue weighted by molar-refractivity contribution is -0.121. The summed E-state index contributed by atoms with van der Waals surface area (Å²) in [5.74, 6) is 1.64. The third-order valence-corrected chi connectivity index (χ3v) is 8.55. The molecule has 7 atom stereocenters. The van der Waals surface area contributed by atoms with Gasteiger partial charge in [-0.3, -0.25) is 4.79 Å². The molecule has 0 aromatic rings. The first-order chi connectivity index (χ1) is 12.2. The van der Waals surface area contributed by atoms with Crippen molar-refractivity contribution >= 4 is 5.91 Å². The Morgan fingerprint density at radius 1 is 1.23 bits per heavy atom. The van der Waals surface area contributed by atoms with Gasteiger partial charge in [0.05, 0.1) is 6.10 Å². The van der Waals surface area contributed by atoms with Crippen LogP contribution < -0.4 is 5.32 Å². The van der Waals surface area contributed by atoms with Crippen molar-refractivity contribution in [1.29, 1.82) is 0 Å². The average molecular weight is 364 g/mol. The molecule has 0 aromatic carbocycles. The molecule has 0 aromatic heterocycles. The third-order valence-electron chi connectivity index (χ3n) is 8.55. The van der Waals surface area contributed by atoms with Crippen molar-refractivity contribution in [3.8, 4) is 0 Å². The van der Waals surface area contributed by atoms with E-state index >= 15 is 0 Å². The van der Waals surface area contributed by atoms with Crippen molar-refractivity contribution in [3.05, 3.63) is 12.2 Å². The Morgan fingerprint density at radius 2 is 1.96 bits per heavy atom. The minimum absolute atomic E-state index is 0.0301. The number of carbonyl (C=O) groups is 1. The molecular formula is C22H37NO3. The van der Waals surface area contributed by atoms with Crippen molar-refractivity contribution < 1.29 is 15.0 Å². The molecule has 26 heavy (non-hydrogen) atoms. The minimum atomic E-state index is -0.283. The Hall–Kier alpha value is -0.870. The van der Waals surface area contributed by atoms with E-state index in [-0.39, 0.29) is 35.4 Å². The van der Waals surface area contributed by atoms with Crippen LogP contribution in [0.3, 0.4) is 0 Å². The maximum absolute atomic E-state index is 11.6. The third kappa shape index (κ3) is 3.24. The van der Waals surface area contributed by atoms with Gasteiger partial charge in [-0.05, 0) is 79.4 Å². The van der Waals surface area contributed by atoms with Gasteiger partial charge in [-0.1, -0.05) is 26.0 Å². The average Bonchev–Trinajstić information content (AvgIpc) is 2.90. The van der Waals surface area contributed by atoms with Crippen LogP contribution in [-0.4, -0.2) is 35.4 Å². The van der Waals surface area contributed by atoms with Gasteiger partial charge in [0, 0.05) is 20.1 Å². The van der Waals surface area contributed by atoms with E-state index in [0.29, 0.717) is 24.2 Å². The van der Waals surface area contributed by atoms with Crippen LogP contribution in [0.15, 0.2) is 12.2 Å². The summed E-state index contributed by atoms with van der Waals surface area (Å²) in [5, 5.41) is 23.3. The van der Waals surface area contributed by atoms with E-state index in [9.17, 15) is 15.0 Å². The van der Waals surface area contributed by atoms with E-state index in [4.69, 9.17) is 0 Å². The zero-order valence-corrected chi connectivity index (χ0v) is 16.8. The van der Waals surface area contributed by atoms with Gasteiger partial charge in [-0.2, -0.15) is 0 Å². The highest BCUT2D eigenvalue weighted by atomic mass is 16.3. The molecule has 3 fully saturated rings. The van der Waals surface area contributed by atoms with E-state index in [2.05, 4.69) is 25.7 Å². The van der Waals surface area contributed by atoms with Gasteiger partial charge in [0.15, 0.2) is 0 Å². The number of carbonyl (C=O) groups excluding carboxylic acids is 1. The van der Waals surface area contributed by atoms with Gasteiger partial charge in [-0.25, -0.2) is 0 Å². The van der Waals surface area contributed by atoms with Crippen LogP contribution in [0, 0.1) is 34.5 Å². The molecule has 3 unspecified atom stereocenters. The SMILES string of the molecule is C=C1CCC2[C@H](CNC(C)=O)C(C3(C)CC[C@H](O)C[C@@H]3CO)CC[C@]12C. The fourth-order valence-corrected chi connectivity index (χ4v) is 6.73. The summed E-state index contributed by atoms with van der Waals surface area (Å²) in [5.41, 5.74) is 1.61. The first kappa shape index (κ1) is 19.9. The van der Waals surface area contributed by atoms with Crippen LogP contribution >= 0.6 is 0 Å². The Balaban J connectivity index is 1.91. The summed E-state index contributed by atoms with van der Waals surface area (Å²) in [4.78, 5) is 11.6. The van der Waals surface area contributed by atoms with Gasteiger partial charge >= 0.3 is 0 Å². The van der Waals surface area contributed by atoms with Crippen LogP contribution in [0.4, 0.5) is 0 Å². The highest BCUT2D eigenvalue weighted by Gasteiger charge is 2.56. The number of allylic oxidation sites excluding steroid dienone is 1. The van der Waals surface area contributed by atoms with Crippen molar-refractivity contribution in [2.75, 3.05) is 13.2 Å². The molecule has 1 amide bonds. The number of rotatable bonds is 4. The van der Waals surface area contributed by atoms with Crippen LogP contribution in [0.25, 0.3) is 0 Å². The molecule has 3 saturated carbocycles. The number of aliphatic hydroxyl groups excluding tert-OH is 2. The quantitative estimate of drug-likeness (QED) is 0.671. The monoisotopic (exact) mass is 363 g/mol. The fourth-order valence-electron chi connectivity index (χ4n) is 6.73. The molecule has 0 spiro atoms. The number of amides is 1. The van der Waals surface area contributed by atoms with Crippen LogP contribution in [0.1, 0.15) is 65.7 Å².